The van der Waals surface area contributed by atoms with Crippen molar-refractivity contribution in [2.24, 2.45) is 5.73 Å². The zero-order valence-corrected chi connectivity index (χ0v) is 7.72. The number of hydrogen-bond acceptors (Lipinski definition) is 2. The molecule has 0 saturated carbocycles. The number of rotatable bonds is 3. The lowest BCUT2D eigenvalue weighted by Crippen LogP contribution is -2.34. The Balaban J connectivity index is 3.72. The zero-order chi connectivity index (χ0) is 7.44. The van der Waals surface area contributed by atoms with E-state index in [0.717, 1.165) is 0 Å². The lowest BCUT2D eigenvalue weighted by molar-refractivity contribution is -0.118. The second kappa shape index (κ2) is 4.24. The predicted molar refractivity (Wildman–Crippen MR) is 41.7 cm³/mol. The topological polar surface area (TPSA) is 63.3 Å². The number of carbonyl (C=O) groups is 1. The van der Waals surface area contributed by atoms with Crippen LogP contribution in [0.25, 0.3) is 0 Å². The van der Waals surface area contributed by atoms with Gasteiger partial charge in [-0.05, 0) is 0 Å². The minimum absolute atomic E-state index is 0.339. The Morgan fingerprint density at radius 1 is 1.78 bits per heavy atom. The number of aliphatic hydroxyl groups excluding tert-OH is 1. The van der Waals surface area contributed by atoms with Gasteiger partial charge in [-0.1, -0.05) is 31.9 Å². The molecule has 0 saturated heterocycles. The molecule has 0 aliphatic rings. The highest BCUT2D eigenvalue weighted by Crippen LogP contribution is 2.06. The van der Waals surface area contributed by atoms with E-state index in [-0.39, 0.29) is 0 Å². The van der Waals surface area contributed by atoms with Gasteiger partial charge < -0.3 is 10.8 Å². The van der Waals surface area contributed by atoms with Gasteiger partial charge in [0.05, 0.1) is 6.10 Å². The van der Waals surface area contributed by atoms with E-state index in [4.69, 9.17) is 10.8 Å². The summed E-state index contributed by atoms with van der Waals surface area (Å²) >= 11 is 5.91. The average Bonchev–Trinajstić information content (AvgIpc) is 1.84. The first-order chi connectivity index (χ1) is 4.09. The Labute approximate surface area is 69.9 Å². The molecule has 0 aliphatic carbocycles. The molecule has 1 amide bonds. The van der Waals surface area contributed by atoms with Crippen LogP contribution in [0.2, 0.25) is 0 Å². The molecule has 0 aromatic carbocycles. The monoisotopic (exact) mass is 259 g/mol. The van der Waals surface area contributed by atoms with Crippen molar-refractivity contribution in [3.8, 4) is 0 Å². The third-order valence-corrected chi connectivity index (χ3v) is 2.49. The maximum absolute atomic E-state index is 10.3. The molecule has 2 atom stereocenters. The van der Waals surface area contributed by atoms with E-state index in [9.17, 15) is 4.79 Å². The van der Waals surface area contributed by atoms with Crippen molar-refractivity contribution < 1.29 is 9.90 Å². The highest BCUT2D eigenvalue weighted by Gasteiger charge is 2.19. The van der Waals surface area contributed by atoms with Gasteiger partial charge in [0.2, 0.25) is 5.91 Å². The number of primary amides is 1. The van der Waals surface area contributed by atoms with Gasteiger partial charge in [0.1, 0.15) is 4.83 Å². The molecule has 54 valence electrons. The highest BCUT2D eigenvalue weighted by molar-refractivity contribution is 9.10. The fraction of sp³-hybridized carbons (Fsp3) is 0.750. The Morgan fingerprint density at radius 2 is 2.22 bits per heavy atom. The molecule has 0 rings (SSSR count). The SMILES string of the molecule is NC(=O)[C@@H](Br)[C@H](O)CBr. The first-order valence-electron chi connectivity index (χ1n) is 2.27. The number of hydrogen-bond donors (Lipinski definition) is 2. The van der Waals surface area contributed by atoms with E-state index >= 15 is 0 Å². The molecule has 0 fully saturated rings. The van der Waals surface area contributed by atoms with E-state index in [0.29, 0.717) is 5.33 Å². The van der Waals surface area contributed by atoms with Crippen LogP contribution in [0.15, 0.2) is 0 Å². The number of nitrogens with two attached hydrogens (primary N) is 1. The van der Waals surface area contributed by atoms with Gasteiger partial charge in [0, 0.05) is 5.33 Å². The molecule has 0 radical (unpaired) electrons. The summed E-state index contributed by atoms with van der Waals surface area (Å²) < 4.78 is 0. The quantitative estimate of drug-likeness (QED) is 0.702. The summed E-state index contributed by atoms with van der Waals surface area (Å²) in [5.74, 6) is -0.554. The molecular weight excluding hydrogens is 254 g/mol. The first-order valence-corrected chi connectivity index (χ1v) is 4.30. The van der Waals surface area contributed by atoms with Crippen molar-refractivity contribution in [3.05, 3.63) is 0 Å². The Kier molecular flexibility index (Phi) is 4.43. The van der Waals surface area contributed by atoms with Crippen LogP contribution in [-0.4, -0.2) is 27.3 Å². The molecule has 9 heavy (non-hydrogen) atoms. The standard InChI is InChI=1S/C4H7Br2NO2/c5-1-2(8)3(6)4(7)9/h2-3,8H,1H2,(H2,7,9)/t2-,3+/m1/s1. The molecule has 0 aromatic heterocycles. The Morgan fingerprint density at radius 3 is 2.33 bits per heavy atom. The minimum Gasteiger partial charge on any atom is -0.391 e. The van der Waals surface area contributed by atoms with Crippen molar-refractivity contribution in [3.63, 3.8) is 0 Å². The van der Waals surface area contributed by atoms with Gasteiger partial charge in [-0.25, -0.2) is 0 Å². The number of alkyl halides is 2. The molecule has 0 unspecified atom stereocenters. The van der Waals surface area contributed by atoms with E-state index in [1.165, 1.54) is 0 Å². The van der Waals surface area contributed by atoms with Crippen molar-refractivity contribution in [1.29, 1.82) is 0 Å². The van der Waals surface area contributed by atoms with Gasteiger partial charge in [0.15, 0.2) is 0 Å². The number of amides is 1. The van der Waals surface area contributed by atoms with Crippen molar-refractivity contribution in [2.45, 2.75) is 10.9 Å². The van der Waals surface area contributed by atoms with E-state index in [2.05, 4.69) is 31.9 Å². The van der Waals surface area contributed by atoms with E-state index in [1.807, 2.05) is 0 Å². The highest BCUT2D eigenvalue weighted by atomic mass is 79.9. The van der Waals surface area contributed by atoms with Gasteiger partial charge in [-0.2, -0.15) is 0 Å². The maximum Gasteiger partial charge on any atom is 0.233 e. The summed E-state index contributed by atoms with van der Waals surface area (Å²) in [6.45, 7) is 0. The molecular formula is C4H7Br2NO2. The van der Waals surface area contributed by atoms with Crippen LogP contribution in [-0.2, 0) is 4.79 Å². The molecule has 0 aromatic rings. The van der Waals surface area contributed by atoms with Crippen molar-refractivity contribution in [2.75, 3.05) is 5.33 Å². The Hall–Kier alpha value is 0.390. The average molecular weight is 261 g/mol. The van der Waals surface area contributed by atoms with Crippen molar-refractivity contribution >= 4 is 37.8 Å². The molecule has 0 aliphatic heterocycles. The van der Waals surface area contributed by atoms with Crippen LogP contribution < -0.4 is 5.73 Å². The van der Waals surface area contributed by atoms with Crippen molar-refractivity contribution in [1.82, 2.24) is 0 Å². The zero-order valence-electron chi connectivity index (χ0n) is 4.55. The van der Waals surface area contributed by atoms with E-state index in [1.54, 1.807) is 0 Å². The fourth-order valence-electron chi connectivity index (χ4n) is 0.268. The number of carbonyl (C=O) groups excluding carboxylic acids is 1. The smallest absolute Gasteiger partial charge is 0.233 e. The van der Waals surface area contributed by atoms with Crippen LogP contribution in [0.5, 0.6) is 0 Å². The second-order valence-corrected chi connectivity index (χ2v) is 3.16. The summed E-state index contributed by atoms with van der Waals surface area (Å²) in [4.78, 5) is 9.64. The number of aliphatic hydroxyl groups is 1. The largest absolute Gasteiger partial charge is 0.391 e. The maximum atomic E-state index is 10.3. The van der Waals surface area contributed by atoms with Gasteiger partial charge in [-0.15, -0.1) is 0 Å². The first kappa shape index (κ1) is 9.39. The minimum atomic E-state index is -0.748. The van der Waals surface area contributed by atoms with E-state index < -0.39 is 16.8 Å². The summed E-state index contributed by atoms with van der Waals surface area (Å²) in [6, 6.07) is 0. The fourth-order valence-corrected chi connectivity index (χ4v) is 1.33. The molecule has 0 bridgehead atoms. The number of halogens is 2. The molecule has 5 heteroatoms. The van der Waals surface area contributed by atoms with Crippen LogP contribution in [0, 0.1) is 0 Å². The molecule has 3 nitrogen and oxygen atoms in total. The summed E-state index contributed by atoms with van der Waals surface area (Å²) in [6.07, 6.45) is -0.748. The normalized spacial score (nSPS) is 16.8. The lowest BCUT2D eigenvalue weighted by Gasteiger charge is -2.09. The summed E-state index contributed by atoms with van der Waals surface area (Å²) in [7, 11) is 0. The van der Waals surface area contributed by atoms with Gasteiger partial charge in [0.25, 0.3) is 0 Å². The summed E-state index contributed by atoms with van der Waals surface area (Å²) in [5, 5.41) is 9.24. The predicted octanol–water partition coefficient (Wildman–Crippen LogP) is -0.00900. The van der Waals surface area contributed by atoms with Gasteiger partial charge in [-0.3, -0.25) is 4.79 Å². The second-order valence-electron chi connectivity index (χ2n) is 1.53. The third kappa shape index (κ3) is 3.17. The third-order valence-electron chi connectivity index (χ3n) is 0.768. The molecule has 3 N–H and O–H groups in total. The van der Waals surface area contributed by atoms with Crippen LogP contribution in [0.4, 0.5) is 0 Å². The molecule has 0 spiro atoms. The Bertz CT molecular complexity index is 109. The van der Waals surface area contributed by atoms with Crippen LogP contribution >= 0.6 is 31.9 Å². The van der Waals surface area contributed by atoms with Crippen LogP contribution in [0.1, 0.15) is 0 Å². The van der Waals surface area contributed by atoms with Crippen LogP contribution in [0.3, 0.4) is 0 Å². The molecule has 0 heterocycles. The lowest BCUT2D eigenvalue weighted by atomic mass is 10.3. The summed E-state index contributed by atoms with van der Waals surface area (Å²) in [5.41, 5.74) is 4.85. The van der Waals surface area contributed by atoms with Gasteiger partial charge >= 0.3 is 0 Å².